The van der Waals surface area contributed by atoms with E-state index >= 15 is 0 Å². The lowest BCUT2D eigenvalue weighted by molar-refractivity contribution is 0.0601. The monoisotopic (exact) mass is 255 g/mol. The van der Waals surface area contributed by atoms with Crippen molar-refractivity contribution in [1.82, 2.24) is 4.98 Å². The smallest absolute Gasteiger partial charge is 0.339 e. The van der Waals surface area contributed by atoms with Crippen LogP contribution in [0.3, 0.4) is 0 Å². The van der Waals surface area contributed by atoms with E-state index in [1.165, 1.54) is 13.3 Å². The van der Waals surface area contributed by atoms with Gasteiger partial charge in [0.25, 0.3) is 0 Å². The van der Waals surface area contributed by atoms with Crippen molar-refractivity contribution >= 4 is 40.1 Å². The average Bonchev–Trinajstić information content (AvgIpc) is 2.28. The Bertz CT molecular complexity index is 569. The summed E-state index contributed by atoms with van der Waals surface area (Å²) in [6.45, 7) is 0. The van der Waals surface area contributed by atoms with Crippen molar-refractivity contribution < 1.29 is 9.53 Å². The van der Waals surface area contributed by atoms with Gasteiger partial charge in [-0.05, 0) is 18.2 Å². The van der Waals surface area contributed by atoms with Gasteiger partial charge in [-0.15, -0.1) is 0 Å². The largest absolute Gasteiger partial charge is 0.465 e. The Kier molecular flexibility index (Phi) is 2.99. The number of hydrogen-bond acceptors (Lipinski definition) is 3. The van der Waals surface area contributed by atoms with E-state index < -0.39 is 5.97 Å². The fourth-order valence-electron chi connectivity index (χ4n) is 1.39. The van der Waals surface area contributed by atoms with Crippen molar-refractivity contribution in [3.8, 4) is 0 Å². The van der Waals surface area contributed by atoms with Crippen molar-refractivity contribution in [1.29, 1.82) is 0 Å². The Morgan fingerprint density at radius 2 is 2.06 bits per heavy atom. The molecule has 0 fully saturated rings. The van der Waals surface area contributed by atoms with Gasteiger partial charge in [-0.2, -0.15) is 0 Å². The van der Waals surface area contributed by atoms with Gasteiger partial charge in [0.2, 0.25) is 0 Å². The van der Waals surface area contributed by atoms with Crippen LogP contribution in [0.2, 0.25) is 10.0 Å². The number of esters is 1. The van der Waals surface area contributed by atoms with Crippen LogP contribution >= 0.6 is 23.2 Å². The second-order valence-corrected chi connectivity index (χ2v) is 4.01. The van der Waals surface area contributed by atoms with Gasteiger partial charge in [0.1, 0.15) is 0 Å². The Morgan fingerprint density at radius 3 is 2.75 bits per heavy atom. The number of ether oxygens (including phenoxy) is 1. The molecule has 3 nitrogen and oxygen atoms in total. The third-order valence-electron chi connectivity index (χ3n) is 2.14. The predicted octanol–water partition coefficient (Wildman–Crippen LogP) is 3.33. The summed E-state index contributed by atoms with van der Waals surface area (Å²) in [5.41, 5.74) is 0.989. The summed E-state index contributed by atoms with van der Waals surface area (Å²) in [6.07, 6.45) is 1.53. The molecule has 1 heterocycles. The van der Waals surface area contributed by atoms with E-state index in [1.54, 1.807) is 18.2 Å². The van der Waals surface area contributed by atoms with E-state index in [9.17, 15) is 4.79 Å². The molecule has 0 unspecified atom stereocenters. The van der Waals surface area contributed by atoms with Crippen molar-refractivity contribution in [2.75, 3.05) is 7.11 Å². The molecule has 16 heavy (non-hydrogen) atoms. The highest BCUT2D eigenvalue weighted by Crippen LogP contribution is 2.25. The molecule has 1 aromatic carbocycles. The van der Waals surface area contributed by atoms with Gasteiger partial charge in [-0.25, -0.2) is 4.79 Å². The molecule has 2 rings (SSSR count). The summed E-state index contributed by atoms with van der Waals surface area (Å²) in [6, 6.07) is 4.94. The summed E-state index contributed by atoms with van der Waals surface area (Å²) in [5.74, 6) is -0.480. The van der Waals surface area contributed by atoms with Gasteiger partial charge in [0.05, 0.1) is 28.2 Å². The fraction of sp³-hybridized carbons (Fsp3) is 0.0909. The number of halogens is 2. The highest BCUT2D eigenvalue weighted by atomic mass is 35.5. The number of rotatable bonds is 1. The minimum absolute atomic E-state index is 0.306. The van der Waals surface area contributed by atoms with Crippen molar-refractivity contribution in [3.05, 3.63) is 40.0 Å². The van der Waals surface area contributed by atoms with E-state index in [0.717, 1.165) is 5.39 Å². The van der Waals surface area contributed by atoms with Gasteiger partial charge in [0, 0.05) is 11.6 Å². The maximum absolute atomic E-state index is 11.4. The molecule has 5 heteroatoms. The number of hydrogen-bond donors (Lipinski definition) is 0. The highest BCUT2D eigenvalue weighted by molar-refractivity contribution is 6.34. The zero-order valence-electron chi connectivity index (χ0n) is 8.33. The lowest BCUT2D eigenvalue weighted by atomic mass is 10.1. The van der Waals surface area contributed by atoms with Crippen LogP contribution in [0.1, 0.15) is 10.4 Å². The SMILES string of the molecule is COC(=O)c1cc2cc(Cl)cnc2cc1Cl. The molecular weight excluding hydrogens is 249 g/mol. The maximum atomic E-state index is 11.4. The Labute approximate surface area is 102 Å². The number of carbonyl (C=O) groups is 1. The summed E-state index contributed by atoms with van der Waals surface area (Å²) in [7, 11) is 1.30. The van der Waals surface area contributed by atoms with Gasteiger partial charge in [-0.3, -0.25) is 4.98 Å². The topological polar surface area (TPSA) is 39.2 Å². The Morgan fingerprint density at radius 1 is 1.31 bits per heavy atom. The first kappa shape index (κ1) is 11.2. The predicted molar refractivity (Wildman–Crippen MR) is 63.1 cm³/mol. The Hall–Kier alpha value is -1.32. The van der Waals surface area contributed by atoms with Crippen molar-refractivity contribution in [3.63, 3.8) is 0 Å². The van der Waals surface area contributed by atoms with E-state index in [1.807, 2.05) is 0 Å². The molecule has 1 aromatic heterocycles. The maximum Gasteiger partial charge on any atom is 0.339 e. The number of nitrogens with zero attached hydrogens (tertiary/aromatic N) is 1. The summed E-state index contributed by atoms with van der Waals surface area (Å²) in [5, 5.41) is 1.57. The number of aromatic nitrogens is 1. The van der Waals surface area contributed by atoms with Crippen molar-refractivity contribution in [2.24, 2.45) is 0 Å². The molecule has 0 spiro atoms. The lowest BCUT2D eigenvalue weighted by Gasteiger charge is -2.04. The van der Waals surface area contributed by atoms with E-state index in [2.05, 4.69) is 9.72 Å². The molecule has 0 aliphatic heterocycles. The van der Waals surface area contributed by atoms with E-state index in [0.29, 0.717) is 21.1 Å². The second kappa shape index (κ2) is 4.28. The summed E-state index contributed by atoms with van der Waals surface area (Å²) in [4.78, 5) is 15.5. The summed E-state index contributed by atoms with van der Waals surface area (Å²) < 4.78 is 4.62. The number of fused-ring (bicyclic) bond motifs is 1. The van der Waals surface area contributed by atoms with E-state index in [-0.39, 0.29) is 0 Å². The number of pyridine rings is 1. The molecule has 0 bridgehead atoms. The van der Waals surface area contributed by atoms with E-state index in [4.69, 9.17) is 23.2 Å². The van der Waals surface area contributed by atoms with Crippen LogP contribution in [0.15, 0.2) is 24.4 Å². The zero-order chi connectivity index (χ0) is 11.7. The Balaban J connectivity index is 2.68. The van der Waals surface area contributed by atoms with Crippen molar-refractivity contribution in [2.45, 2.75) is 0 Å². The molecule has 0 saturated carbocycles. The second-order valence-electron chi connectivity index (χ2n) is 3.17. The molecule has 2 aromatic rings. The third-order valence-corrected chi connectivity index (χ3v) is 2.66. The normalized spacial score (nSPS) is 10.4. The fourth-order valence-corrected chi connectivity index (χ4v) is 1.79. The summed E-state index contributed by atoms with van der Waals surface area (Å²) >= 11 is 11.8. The molecule has 0 aliphatic carbocycles. The van der Waals surface area contributed by atoms with Crippen LogP contribution in [0.5, 0.6) is 0 Å². The third kappa shape index (κ3) is 1.96. The first-order valence-electron chi connectivity index (χ1n) is 4.45. The van der Waals surface area contributed by atoms with Crippen LogP contribution in [0.25, 0.3) is 10.9 Å². The van der Waals surface area contributed by atoms with Gasteiger partial charge in [0.15, 0.2) is 0 Å². The minimum atomic E-state index is -0.480. The van der Waals surface area contributed by atoms with Crippen LogP contribution in [0, 0.1) is 0 Å². The molecule has 82 valence electrons. The molecular formula is C11H7Cl2NO2. The molecule has 0 saturated heterocycles. The number of methoxy groups -OCH3 is 1. The van der Waals surface area contributed by atoms with Gasteiger partial charge in [-0.1, -0.05) is 23.2 Å². The van der Waals surface area contributed by atoms with Gasteiger partial charge >= 0.3 is 5.97 Å². The van der Waals surface area contributed by atoms with Crippen LogP contribution in [-0.4, -0.2) is 18.1 Å². The van der Waals surface area contributed by atoms with Crippen LogP contribution in [0.4, 0.5) is 0 Å². The van der Waals surface area contributed by atoms with Crippen LogP contribution in [-0.2, 0) is 4.74 Å². The lowest BCUT2D eigenvalue weighted by Crippen LogP contribution is -2.02. The number of benzene rings is 1. The quantitative estimate of drug-likeness (QED) is 0.734. The molecule has 0 atom stereocenters. The molecule has 0 radical (unpaired) electrons. The highest BCUT2D eigenvalue weighted by Gasteiger charge is 2.12. The zero-order valence-corrected chi connectivity index (χ0v) is 9.84. The average molecular weight is 256 g/mol. The molecule has 0 N–H and O–H groups in total. The standard InChI is InChI=1S/C11H7Cl2NO2/c1-16-11(15)8-3-6-2-7(12)5-14-10(6)4-9(8)13/h2-5H,1H3. The molecule has 0 aliphatic rings. The minimum Gasteiger partial charge on any atom is -0.465 e. The first-order chi connectivity index (χ1) is 7.61. The van der Waals surface area contributed by atoms with Gasteiger partial charge < -0.3 is 4.74 Å². The number of carbonyl (C=O) groups excluding carboxylic acids is 1. The van der Waals surface area contributed by atoms with Crippen LogP contribution < -0.4 is 0 Å². The first-order valence-corrected chi connectivity index (χ1v) is 5.20. The molecule has 0 amide bonds.